The Morgan fingerprint density at radius 2 is 1.76 bits per heavy atom. The number of carbonyl (C=O) groups is 1. The molecular weight excluding hydrogens is 360 g/mol. The molecule has 146 valence electrons. The van der Waals surface area contributed by atoms with E-state index < -0.39 is 0 Å². The average molecular weight is 384 g/mol. The lowest BCUT2D eigenvalue weighted by Gasteiger charge is -2.12. The lowest BCUT2D eigenvalue weighted by molar-refractivity contribution is 0.0993. The predicted octanol–water partition coefficient (Wildman–Crippen LogP) is 5.27. The number of benzene rings is 3. The van der Waals surface area contributed by atoms with Crippen LogP contribution in [0.15, 0.2) is 72.8 Å². The summed E-state index contributed by atoms with van der Waals surface area (Å²) in [6, 6.07) is 22.6. The largest absolute Gasteiger partial charge is 0.492 e. The highest BCUT2D eigenvalue weighted by molar-refractivity contribution is 5.98. The highest BCUT2D eigenvalue weighted by atomic mass is 16.5. The molecule has 4 nitrogen and oxygen atoms in total. The Labute approximate surface area is 172 Å². The zero-order chi connectivity index (χ0) is 20.6. The molecule has 0 radical (unpaired) electrons. The van der Waals surface area contributed by atoms with Crippen molar-refractivity contribution in [3.63, 3.8) is 0 Å². The number of Topliss-reactive ketones (excluding diaryl/α,β-unsaturated/α-hetero) is 1. The van der Waals surface area contributed by atoms with E-state index >= 15 is 0 Å². The molecule has 0 bridgehead atoms. The van der Waals surface area contributed by atoms with Gasteiger partial charge in [-0.1, -0.05) is 42.5 Å². The number of rotatable bonds is 8. The quantitative estimate of drug-likeness (QED) is 0.392. The summed E-state index contributed by atoms with van der Waals surface area (Å²) in [5, 5.41) is 0. The molecule has 0 saturated carbocycles. The van der Waals surface area contributed by atoms with Gasteiger partial charge in [0.2, 0.25) is 0 Å². The van der Waals surface area contributed by atoms with Gasteiger partial charge in [0, 0.05) is 18.5 Å². The number of carbonyl (C=O) groups excluding carboxylic acids is 1. The number of nitrogens with zero attached hydrogens (tertiary/aromatic N) is 2. The van der Waals surface area contributed by atoms with Gasteiger partial charge in [-0.2, -0.15) is 0 Å². The van der Waals surface area contributed by atoms with E-state index in [0.29, 0.717) is 24.3 Å². The van der Waals surface area contributed by atoms with Crippen LogP contribution in [-0.2, 0) is 6.42 Å². The molecule has 0 unspecified atom stereocenters. The Hall–Kier alpha value is -3.42. The zero-order valence-corrected chi connectivity index (χ0v) is 16.8. The zero-order valence-electron chi connectivity index (χ0n) is 16.8. The van der Waals surface area contributed by atoms with Crippen molar-refractivity contribution in [1.29, 1.82) is 0 Å². The van der Waals surface area contributed by atoms with Crippen LogP contribution in [0.1, 0.15) is 15.9 Å². The molecule has 29 heavy (non-hydrogen) atoms. The minimum absolute atomic E-state index is 0.0543. The van der Waals surface area contributed by atoms with Crippen molar-refractivity contribution >= 4 is 11.5 Å². The van der Waals surface area contributed by atoms with Gasteiger partial charge >= 0.3 is 0 Å². The van der Waals surface area contributed by atoms with E-state index in [1.807, 2.05) is 80.8 Å². The summed E-state index contributed by atoms with van der Waals surface area (Å²) in [5.74, 6) is 0.818. The van der Waals surface area contributed by atoms with Gasteiger partial charge in [-0.05, 0) is 61.1 Å². The van der Waals surface area contributed by atoms with E-state index in [-0.39, 0.29) is 5.78 Å². The van der Waals surface area contributed by atoms with E-state index in [1.54, 1.807) is 6.07 Å². The molecule has 0 aliphatic rings. The third-order valence-electron chi connectivity index (χ3n) is 4.64. The number of ether oxygens (including phenoxy) is 1. The lowest BCUT2D eigenvalue weighted by atomic mass is 9.94. The average Bonchev–Trinajstić information content (AvgIpc) is 2.74. The second kappa shape index (κ2) is 9.68. The van der Waals surface area contributed by atoms with Crippen LogP contribution in [-0.4, -0.2) is 37.9 Å². The summed E-state index contributed by atoms with van der Waals surface area (Å²) >= 11 is 0. The van der Waals surface area contributed by atoms with Crippen LogP contribution < -0.4 is 4.74 Å². The van der Waals surface area contributed by atoms with Crippen LogP contribution in [0, 0.1) is 6.57 Å². The summed E-state index contributed by atoms with van der Waals surface area (Å²) in [6.45, 7) is 8.67. The van der Waals surface area contributed by atoms with E-state index in [0.717, 1.165) is 29.0 Å². The first kappa shape index (κ1) is 20.3. The maximum Gasteiger partial charge on any atom is 0.187 e. The first-order valence-electron chi connectivity index (χ1n) is 9.53. The third kappa shape index (κ3) is 5.54. The van der Waals surface area contributed by atoms with Crippen LogP contribution in [0.25, 0.3) is 16.0 Å². The minimum Gasteiger partial charge on any atom is -0.492 e. The van der Waals surface area contributed by atoms with E-state index in [1.165, 1.54) is 0 Å². The van der Waals surface area contributed by atoms with E-state index in [4.69, 9.17) is 11.3 Å². The molecule has 3 aromatic carbocycles. The van der Waals surface area contributed by atoms with Crippen molar-refractivity contribution in [1.82, 2.24) is 4.90 Å². The Bertz CT molecular complexity index is 1020. The molecular formula is C25H24N2O2. The Balaban J connectivity index is 1.73. The smallest absolute Gasteiger partial charge is 0.187 e. The van der Waals surface area contributed by atoms with Crippen molar-refractivity contribution in [3.8, 4) is 16.9 Å². The van der Waals surface area contributed by atoms with Gasteiger partial charge < -0.3 is 9.64 Å². The Kier molecular flexibility index (Phi) is 6.78. The Morgan fingerprint density at radius 3 is 2.48 bits per heavy atom. The van der Waals surface area contributed by atoms with Crippen LogP contribution in [0.5, 0.6) is 5.75 Å². The first-order chi connectivity index (χ1) is 14.1. The number of hydrogen-bond acceptors (Lipinski definition) is 3. The topological polar surface area (TPSA) is 33.9 Å². The third-order valence-corrected chi connectivity index (χ3v) is 4.64. The molecule has 0 spiro atoms. The summed E-state index contributed by atoms with van der Waals surface area (Å²) in [4.78, 5) is 18.4. The molecule has 0 amide bonds. The summed E-state index contributed by atoms with van der Waals surface area (Å²) in [5.41, 5.74) is 4.13. The van der Waals surface area contributed by atoms with Crippen molar-refractivity contribution in [2.75, 3.05) is 27.2 Å². The Morgan fingerprint density at radius 1 is 1.00 bits per heavy atom. The number of likely N-dealkylation sites (N-methyl/N-ethyl adjacent to an activating group) is 1. The van der Waals surface area contributed by atoms with Gasteiger partial charge in [0.1, 0.15) is 12.4 Å². The number of hydrogen-bond donors (Lipinski definition) is 0. The van der Waals surface area contributed by atoms with Crippen molar-refractivity contribution < 1.29 is 9.53 Å². The van der Waals surface area contributed by atoms with Gasteiger partial charge in [-0.15, -0.1) is 0 Å². The van der Waals surface area contributed by atoms with Crippen LogP contribution >= 0.6 is 0 Å². The van der Waals surface area contributed by atoms with Crippen LogP contribution in [0.2, 0.25) is 0 Å². The van der Waals surface area contributed by atoms with E-state index in [2.05, 4.69) is 9.74 Å². The van der Waals surface area contributed by atoms with Gasteiger partial charge in [0.05, 0.1) is 6.57 Å². The molecule has 0 aliphatic heterocycles. The fourth-order valence-electron chi connectivity index (χ4n) is 3.06. The fourth-order valence-corrected chi connectivity index (χ4v) is 3.06. The van der Waals surface area contributed by atoms with Crippen LogP contribution in [0.4, 0.5) is 5.69 Å². The molecule has 0 heterocycles. The van der Waals surface area contributed by atoms with Crippen molar-refractivity contribution in [2.24, 2.45) is 0 Å². The van der Waals surface area contributed by atoms with Gasteiger partial charge in [-0.25, -0.2) is 4.85 Å². The highest BCUT2D eigenvalue weighted by Crippen LogP contribution is 2.28. The number of ketones is 1. The molecule has 0 atom stereocenters. The monoisotopic (exact) mass is 384 g/mol. The molecule has 0 saturated heterocycles. The molecule has 0 aromatic heterocycles. The molecule has 0 N–H and O–H groups in total. The maximum absolute atomic E-state index is 12.8. The molecule has 3 aromatic rings. The van der Waals surface area contributed by atoms with Gasteiger partial charge in [-0.3, -0.25) is 4.79 Å². The second-order valence-corrected chi connectivity index (χ2v) is 7.10. The summed E-state index contributed by atoms with van der Waals surface area (Å²) < 4.78 is 5.69. The van der Waals surface area contributed by atoms with Crippen LogP contribution in [0.3, 0.4) is 0 Å². The minimum atomic E-state index is 0.0543. The highest BCUT2D eigenvalue weighted by Gasteiger charge is 2.12. The molecule has 4 heteroatoms. The lowest BCUT2D eigenvalue weighted by Crippen LogP contribution is -2.19. The molecule has 3 rings (SSSR count). The SMILES string of the molecule is [C-]#[N+]c1cccc(-c2ccccc2CC(=O)c2ccc(OCCN(C)C)cc2)c1. The standard InChI is InChI=1S/C25H24N2O2/c1-26-22-9-6-8-20(17-22)24-10-5-4-7-21(24)18-25(28)19-11-13-23(14-12-19)29-16-15-27(2)3/h4-14,17H,15-16,18H2,2-3H3. The maximum atomic E-state index is 12.8. The van der Waals surface area contributed by atoms with Gasteiger partial charge in [0.25, 0.3) is 0 Å². The predicted molar refractivity (Wildman–Crippen MR) is 117 cm³/mol. The normalized spacial score (nSPS) is 10.6. The van der Waals surface area contributed by atoms with E-state index in [9.17, 15) is 4.79 Å². The summed E-state index contributed by atoms with van der Waals surface area (Å²) in [7, 11) is 4.00. The first-order valence-corrected chi connectivity index (χ1v) is 9.53. The molecule has 0 aliphatic carbocycles. The fraction of sp³-hybridized carbons (Fsp3) is 0.200. The molecule has 0 fully saturated rings. The summed E-state index contributed by atoms with van der Waals surface area (Å²) in [6.07, 6.45) is 0.305. The second-order valence-electron chi connectivity index (χ2n) is 7.10. The van der Waals surface area contributed by atoms with Crippen molar-refractivity contribution in [3.05, 3.63) is 95.3 Å². The van der Waals surface area contributed by atoms with Crippen molar-refractivity contribution in [2.45, 2.75) is 6.42 Å². The van der Waals surface area contributed by atoms with Gasteiger partial charge in [0.15, 0.2) is 11.5 Å².